The first-order chi connectivity index (χ1) is 7.79. The van der Waals surface area contributed by atoms with Crippen molar-refractivity contribution in [3.63, 3.8) is 0 Å². The first-order valence-electron chi connectivity index (χ1n) is 5.78. The van der Waals surface area contributed by atoms with Gasteiger partial charge in [-0.25, -0.2) is 0 Å². The fourth-order valence-electron chi connectivity index (χ4n) is 2.02. The number of rotatable bonds is 3. The molecule has 0 saturated carbocycles. The molecular formula is C13H19NO2. The summed E-state index contributed by atoms with van der Waals surface area (Å²) in [6.07, 6.45) is 1.12. The number of nitrogens with one attached hydrogen (secondary N) is 1. The van der Waals surface area contributed by atoms with Crippen molar-refractivity contribution >= 4 is 0 Å². The molecule has 0 amide bonds. The van der Waals surface area contributed by atoms with E-state index >= 15 is 0 Å². The van der Waals surface area contributed by atoms with Crippen molar-refractivity contribution in [2.45, 2.75) is 25.5 Å². The zero-order chi connectivity index (χ0) is 11.4. The monoisotopic (exact) mass is 221 g/mol. The molecular weight excluding hydrogens is 202 g/mol. The van der Waals surface area contributed by atoms with Crippen LogP contribution < -0.4 is 10.1 Å². The minimum absolute atomic E-state index is 0.112. The van der Waals surface area contributed by atoms with Crippen molar-refractivity contribution in [1.82, 2.24) is 5.32 Å². The van der Waals surface area contributed by atoms with E-state index < -0.39 is 0 Å². The number of hydrogen-bond acceptors (Lipinski definition) is 3. The molecule has 1 N–H and O–H groups in total. The number of hydrogen-bond donors (Lipinski definition) is 1. The SMILES string of the molecule is CNC1CCOCC1Oc1cccc(C)c1. The van der Waals surface area contributed by atoms with E-state index in [2.05, 4.69) is 24.4 Å². The van der Waals surface area contributed by atoms with Crippen LogP contribution in [0.4, 0.5) is 0 Å². The summed E-state index contributed by atoms with van der Waals surface area (Å²) in [5, 5.41) is 3.28. The van der Waals surface area contributed by atoms with Gasteiger partial charge in [0.05, 0.1) is 6.61 Å². The highest BCUT2D eigenvalue weighted by atomic mass is 16.5. The van der Waals surface area contributed by atoms with Gasteiger partial charge in [0.15, 0.2) is 0 Å². The Morgan fingerprint density at radius 3 is 3.06 bits per heavy atom. The highest BCUT2D eigenvalue weighted by molar-refractivity contribution is 5.27. The van der Waals surface area contributed by atoms with Gasteiger partial charge < -0.3 is 14.8 Å². The average molecular weight is 221 g/mol. The van der Waals surface area contributed by atoms with Gasteiger partial charge in [-0.3, -0.25) is 0 Å². The summed E-state index contributed by atoms with van der Waals surface area (Å²) in [6.45, 7) is 3.55. The van der Waals surface area contributed by atoms with Crippen LogP contribution in [0.2, 0.25) is 0 Å². The Kier molecular flexibility index (Phi) is 3.80. The second kappa shape index (κ2) is 5.32. The third-order valence-electron chi connectivity index (χ3n) is 2.95. The van der Waals surface area contributed by atoms with E-state index in [1.54, 1.807) is 0 Å². The molecule has 3 nitrogen and oxygen atoms in total. The lowest BCUT2D eigenvalue weighted by molar-refractivity contribution is -0.0129. The smallest absolute Gasteiger partial charge is 0.137 e. The maximum Gasteiger partial charge on any atom is 0.137 e. The van der Waals surface area contributed by atoms with Gasteiger partial charge in [0.25, 0.3) is 0 Å². The molecule has 1 aromatic rings. The Morgan fingerprint density at radius 1 is 1.44 bits per heavy atom. The van der Waals surface area contributed by atoms with Crippen molar-refractivity contribution < 1.29 is 9.47 Å². The molecule has 1 aromatic carbocycles. The number of ether oxygens (including phenoxy) is 2. The summed E-state index contributed by atoms with van der Waals surface area (Å²) in [5.74, 6) is 0.927. The molecule has 0 aliphatic carbocycles. The van der Waals surface area contributed by atoms with E-state index in [9.17, 15) is 0 Å². The number of likely N-dealkylation sites (N-methyl/N-ethyl adjacent to an activating group) is 1. The van der Waals surface area contributed by atoms with E-state index in [0.29, 0.717) is 12.6 Å². The van der Waals surface area contributed by atoms with Crippen LogP contribution in [-0.4, -0.2) is 32.4 Å². The lowest BCUT2D eigenvalue weighted by atomic mass is 10.1. The minimum Gasteiger partial charge on any atom is -0.486 e. The van der Waals surface area contributed by atoms with Gasteiger partial charge in [-0.05, 0) is 38.1 Å². The fourth-order valence-corrected chi connectivity index (χ4v) is 2.02. The molecule has 1 aliphatic heterocycles. The molecule has 0 bridgehead atoms. The van der Waals surface area contributed by atoms with Crippen LogP contribution in [0, 0.1) is 6.92 Å². The van der Waals surface area contributed by atoms with Crippen LogP contribution in [0.5, 0.6) is 5.75 Å². The molecule has 0 radical (unpaired) electrons. The fraction of sp³-hybridized carbons (Fsp3) is 0.538. The van der Waals surface area contributed by atoms with Crippen LogP contribution in [0.25, 0.3) is 0 Å². The first-order valence-corrected chi connectivity index (χ1v) is 5.78. The Morgan fingerprint density at radius 2 is 2.31 bits per heavy atom. The molecule has 1 aliphatic rings. The molecule has 3 heteroatoms. The van der Waals surface area contributed by atoms with Crippen LogP contribution >= 0.6 is 0 Å². The van der Waals surface area contributed by atoms with E-state index in [1.165, 1.54) is 5.56 Å². The molecule has 16 heavy (non-hydrogen) atoms. The molecule has 1 fully saturated rings. The summed E-state index contributed by atoms with van der Waals surface area (Å²) in [7, 11) is 1.97. The molecule has 2 atom stereocenters. The highest BCUT2D eigenvalue weighted by Crippen LogP contribution is 2.18. The Bertz CT molecular complexity index is 340. The molecule has 1 heterocycles. The molecule has 0 aromatic heterocycles. The van der Waals surface area contributed by atoms with Crippen molar-refractivity contribution in [3.8, 4) is 5.75 Å². The lowest BCUT2D eigenvalue weighted by Crippen LogP contribution is -2.48. The Balaban J connectivity index is 2.02. The lowest BCUT2D eigenvalue weighted by Gasteiger charge is -2.31. The van der Waals surface area contributed by atoms with E-state index in [4.69, 9.17) is 9.47 Å². The third kappa shape index (κ3) is 2.74. The summed E-state index contributed by atoms with van der Waals surface area (Å²) in [4.78, 5) is 0. The average Bonchev–Trinajstić information content (AvgIpc) is 2.30. The van der Waals surface area contributed by atoms with Gasteiger partial charge in [0, 0.05) is 12.6 Å². The molecule has 88 valence electrons. The van der Waals surface area contributed by atoms with Gasteiger partial charge in [0.2, 0.25) is 0 Å². The van der Waals surface area contributed by atoms with Crippen LogP contribution in [0.3, 0.4) is 0 Å². The van der Waals surface area contributed by atoms with E-state index in [0.717, 1.165) is 18.8 Å². The second-order valence-electron chi connectivity index (χ2n) is 4.23. The molecule has 2 rings (SSSR count). The summed E-state index contributed by atoms with van der Waals surface area (Å²) < 4.78 is 11.4. The van der Waals surface area contributed by atoms with Crippen molar-refractivity contribution in [2.24, 2.45) is 0 Å². The van der Waals surface area contributed by atoms with Gasteiger partial charge >= 0.3 is 0 Å². The summed E-state index contributed by atoms with van der Waals surface area (Å²) >= 11 is 0. The molecule has 1 saturated heterocycles. The second-order valence-corrected chi connectivity index (χ2v) is 4.23. The molecule has 0 spiro atoms. The van der Waals surface area contributed by atoms with Crippen LogP contribution in [0.1, 0.15) is 12.0 Å². The predicted molar refractivity (Wildman–Crippen MR) is 63.9 cm³/mol. The van der Waals surface area contributed by atoms with Crippen molar-refractivity contribution in [1.29, 1.82) is 0 Å². The zero-order valence-electron chi connectivity index (χ0n) is 9.90. The first kappa shape index (κ1) is 11.4. The van der Waals surface area contributed by atoms with E-state index in [-0.39, 0.29) is 6.10 Å². The zero-order valence-corrected chi connectivity index (χ0v) is 9.90. The van der Waals surface area contributed by atoms with Gasteiger partial charge in [-0.1, -0.05) is 12.1 Å². The largest absolute Gasteiger partial charge is 0.486 e. The van der Waals surface area contributed by atoms with Crippen molar-refractivity contribution in [2.75, 3.05) is 20.3 Å². The van der Waals surface area contributed by atoms with Crippen LogP contribution in [0.15, 0.2) is 24.3 Å². The van der Waals surface area contributed by atoms with Gasteiger partial charge in [-0.2, -0.15) is 0 Å². The number of aryl methyl sites for hydroxylation is 1. The summed E-state index contributed by atoms with van der Waals surface area (Å²) in [5.41, 5.74) is 1.22. The van der Waals surface area contributed by atoms with Crippen molar-refractivity contribution in [3.05, 3.63) is 29.8 Å². The quantitative estimate of drug-likeness (QED) is 0.843. The Labute approximate surface area is 96.8 Å². The maximum atomic E-state index is 5.95. The molecule has 2 unspecified atom stereocenters. The highest BCUT2D eigenvalue weighted by Gasteiger charge is 2.25. The third-order valence-corrected chi connectivity index (χ3v) is 2.95. The predicted octanol–water partition coefficient (Wildman–Crippen LogP) is 1.75. The maximum absolute atomic E-state index is 5.95. The topological polar surface area (TPSA) is 30.5 Å². The van der Waals surface area contributed by atoms with E-state index in [1.807, 2.05) is 19.2 Å². The normalized spacial score (nSPS) is 25.4. The van der Waals surface area contributed by atoms with Gasteiger partial charge in [0.1, 0.15) is 11.9 Å². The minimum atomic E-state index is 0.112. The Hall–Kier alpha value is -1.06. The van der Waals surface area contributed by atoms with Crippen LogP contribution in [-0.2, 0) is 4.74 Å². The number of benzene rings is 1. The standard InChI is InChI=1S/C13H19NO2/c1-10-4-3-5-11(8-10)16-13-9-15-7-6-12(13)14-2/h3-5,8,12-14H,6-7,9H2,1-2H3. The summed E-state index contributed by atoms with van der Waals surface area (Å²) in [6, 6.07) is 8.52. The van der Waals surface area contributed by atoms with Gasteiger partial charge in [-0.15, -0.1) is 0 Å².